The zero-order chi connectivity index (χ0) is 23.9. The number of piperidine rings is 2. The number of hydrogen-bond acceptors (Lipinski definition) is 6. The zero-order valence-electron chi connectivity index (χ0n) is 20.2. The fraction of sp³-hybridized carbons (Fsp3) is 0.538. The van der Waals surface area contributed by atoms with Gasteiger partial charge in [0.15, 0.2) is 0 Å². The molecule has 0 radical (unpaired) electrons. The van der Waals surface area contributed by atoms with E-state index in [9.17, 15) is 9.59 Å². The van der Waals surface area contributed by atoms with E-state index in [4.69, 9.17) is 0 Å². The molecule has 2 atom stereocenters. The molecule has 2 saturated heterocycles. The molecule has 2 N–H and O–H groups in total. The highest BCUT2D eigenvalue weighted by molar-refractivity contribution is 6.35. The van der Waals surface area contributed by atoms with E-state index in [1.165, 1.54) is 11.1 Å². The number of carbonyl (C=O) groups is 2. The fourth-order valence-corrected chi connectivity index (χ4v) is 5.07. The Morgan fingerprint density at radius 2 is 1.03 bits per heavy atom. The topological polar surface area (TPSA) is 90.5 Å². The van der Waals surface area contributed by atoms with Crippen molar-refractivity contribution >= 4 is 11.8 Å². The van der Waals surface area contributed by atoms with Crippen LogP contribution in [0.25, 0.3) is 0 Å². The highest BCUT2D eigenvalue weighted by atomic mass is 16.2. The van der Waals surface area contributed by atoms with Crippen LogP contribution in [0.1, 0.15) is 62.7 Å². The van der Waals surface area contributed by atoms with Crippen molar-refractivity contribution in [3.05, 3.63) is 60.2 Å². The Morgan fingerprint density at radius 3 is 1.35 bits per heavy atom. The largest absolute Gasteiger partial charge is 0.345 e. The first-order chi connectivity index (χ1) is 16.5. The van der Waals surface area contributed by atoms with Gasteiger partial charge in [0.05, 0.1) is 0 Å². The van der Waals surface area contributed by atoms with E-state index in [0.717, 1.165) is 51.9 Å². The maximum Gasteiger partial charge on any atom is 0.309 e. The van der Waals surface area contributed by atoms with Crippen molar-refractivity contribution < 1.29 is 9.59 Å². The number of aromatic nitrogens is 2. The van der Waals surface area contributed by atoms with Crippen molar-refractivity contribution in [3.63, 3.8) is 0 Å². The molecule has 4 rings (SSSR count). The molecule has 4 heterocycles. The monoisotopic (exact) mass is 464 g/mol. The van der Waals surface area contributed by atoms with Gasteiger partial charge in [-0.2, -0.15) is 0 Å². The van der Waals surface area contributed by atoms with Gasteiger partial charge >= 0.3 is 11.8 Å². The summed E-state index contributed by atoms with van der Waals surface area (Å²) in [5.74, 6) is -1.01. The van der Waals surface area contributed by atoms with Gasteiger partial charge < -0.3 is 10.6 Å². The maximum absolute atomic E-state index is 12.5. The van der Waals surface area contributed by atoms with E-state index in [1.807, 2.05) is 49.1 Å². The van der Waals surface area contributed by atoms with Crippen LogP contribution in [0, 0.1) is 0 Å². The Labute approximate surface area is 202 Å². The van der Waals surface area contributed by atoms with Crippen LogP contribution < -0.4 is 10.6 Å². The zero-order valence-corrected chi connectivity index (χ0v) is 20.2. The number of amides is 2. The van der Waals surface area contributed by atoms with Crippen LogP contribution in [0.5, 0.6) is 0 Å². The lowest BCUT2D eigenvalue weighted by Crippen LogP contribution is -2.52. The van der Waals surface area contributed by atoms with Crippen LogP contribution in [0.2, 0.25) is 0 Å². The number of nitrogens with zero attached hydrogens (tertiary/aromatic N) is 4. The molecule has 8 heteroatoms. The lowest BCUT2D eigenvalue weighted by molar-refractivity contribution is -0.140. The molecule has 0 spiro atoms. The molecule has 0 saturated carbocycles. The second-order valence-electron chi connectivity index (χ2n) is 9.48. The summed E-state index contributed by atoms with van der Waals surface area (Å²) in [5, 5.41) is 5.90. The van der Waals surface area contributed by atoms with E-state index in [-0.39, 0.29) is 12.1 Å². The van der Waals surface area contributed by atoms with Crippen LogP contribution in [0.15, 0.2) is 49.1 Å². The molecule has 2 aromatic rings. The Morgan fingerprint density at radius 1 is 0.706 bits per heavy atom. The minimum absolute atomic E-state index is 0.0437. The van der Waals surface area contributed by atoms with Crippen molar-refractivity contribution in [2.45, 2.75) is 63.7 Å². The predicted molar refractivity (Wildman–Crippen MR) is 131 cm³/mol. The van der Waals surface area contributed by atoms with E-state index in [1.54, 1.807) is 0 Å². The highest BCUT2D eigenvalue weighted by Crippen LogP contribution is 2.25. The fourth-order valence-electron chi connectivity index (χ4n) is 5.07. The molecule has 2 aromatic heterocycles. The molecular formula is C26H36N6O2. The molecule has 8 nitrogen and oxygen atoms in total. The Kier molecular flexibility index (Phi) is 8.24. The molecular weight excluding hydrogens is 428 g/mol. The van der Waals surface area contributed by atoms with E-state index >= 15 is 0 Å². The van der Waals surface area contributed by atoms with Crippen molar-refractivity contribution in [3.8, 4) is 0 Å². The second kappa shape index (κ2) is 11.5. The average Bonchev–Trinajstić information content (AvgIpc) is 2.89. The molecule has 2 amide bonds. The smallest absolute Gasteiger partial charge is 0.309 e. The standard InChI is InChI=1S/C26H36N6O2/c1-19(21-3-11-27-12-4-21)31-15-7-23(8-16-31)29-25(33)26(34)30-24-9-17-32(18-10-24)20(2)22-5-13-28-14-6-22/h3-6,11-14,19-20,23-24H,7-10,15-18H2,1-2H3,(H,29,33)(H,30,34). The molecule has 2 aliphatic rings. The maximum atomic E-state index is 12.5. The minimum Gasteiger partial charge on any atom is -0.345 e. The Bertz CT molecular complexity index is 847. The summed E-state index contributed by atoms with van der Waals surface area (Å²) in [6.45, 7) is 7.97. The third-order valence-electron chi connectivity index (χ3n) is 7.41. The summed E-state index contributed by atoms with van der Waals surface area (Å²) in [6.07, 6.45) is 10.7. The number of pyridine rings is 2. The predicted octanol–water partition coefficient (Wildman–Crippen LogP) is 2.46. The number of likely N-dealkylation sites (tertiary alicyclic amines) is 2. The summed E-state index contributed by atoms with van der Waals surface area (Å²) in [5.41, 5.74) is 2.50. The van der Waals surface area contributed by atoms with E-state index < -0.39 is 11.8 Å². The van der Waals surface area contributed by atoms with Crippen molar-refractivity contribution in [2.75, 3.05) is 26.2 Å². The quantitative estimate of drug-likeness (QED) is 0.639. The second-order valence-corrected chi connectivity index (χ2v) is 9.48. The van der Waals surface area contributed by atoms with Gasteiger partial charge in [0, 0.05) is 75.1 Å². The van der Waals surface area contributed by atoms with Gasteiger partial charge in [-0.15, -0.1) is 0 Å². The van der Waals surface area contributed by atoms with E-state index in [0.29, 0.717) is 12.1 Å². The third-order valence-corrected chi connectivity index (χ3v) is 7.41. The van der Waals surface area contributed by atoms with Gasteiger partial charge in [0.1, 0.15) is 0 Å². The Hall–Kier alpha value is -2.84. The van der Waals surface area contributed by atoms with Crippen LogP contribution in [0.4, 0.5) is 0 Å². The molecule has 182 valence electrons. The number of hydrogen-bond donors (Lipinski definition) is 2. The van der Waals surface area contributed by atoms with Gasteiger partial charge in [0.25, 0.3) is 0 Å². The highest BCUT2D eigenvalue weighted by Gasteiger charge is 2.29. The number of rotatable bonds is 6. The van der Waals surface area contributed by atoms with E-state index in [2.05, 4.69) is 44.2 Å². The van der Waals surface area contributed by atoms with Crippen molar-refractivity contribution in [1.29, 1.82) is 0 Å². The summed E-state index contributed by atoms with van der Waals surface area (Å²) < 4.78 is 0. The summed E-state index contributed by atoms with van der Waals surface area (Å²) in [6, 6.07) is 8.91. The molecule has 34 heavy (non-hydrogen) atoms. The first-order valence-electron chi connectivity index (χ1n) is 12.4. The molecule has 0 aromatic carbocycles. The summed E-state index contributed by atoms with van der Waals surface area (Å²) >= 11 is 0. The lowest BCUT2D eigenvalue weighted by atomic mass is 10.00. The van der Waals surface area contributed by atoms with Crippen molar-refractivity contribution in [2.24, 2.45) is 0 Å². The lowest BCUT2D eigenvalue weighted by Gasteiger charge is -2.37. The molecule has 2 unspecified atom stereocenters. The van der Waals surface area contributed by atoms with Gasteiger partial charge in [-0.05, 0) is 74.9 Å². The van der Waals surface area contributed by atoms with Crippen molar-refractivity contribution in [1.82, 2.24) is 30.4 Å². The first-order valence-corrected chi connectivity index (χ1v) is 12.4. The van der Waals surface area contributed by atoms with Crippen LogP contribution in [-0.2, 0) is 9.59 Å². The third kappa shape index (κ3) is 6.18. The van der Waals surface area contributed by atoms with Crippen LogP contribution in [-0.4, -0.2) is 69.8 Å². The van der Waals surface area contributed by atoms with Gasteiger partial charge in [0.2, 0.25) is 0 Å². The molecule has 0 aliphatic carbocycles. The van der Waals surface area contributed by atoms with Crippen LogP contribution >= 0.6 is 0 Å². The van der Waals surface area contributed by atoms with Gasteiger partial charge in [-0.1, -0.05) is 0 Å². The van der Waals surface area contributed by atoms with Crippen LogP contribution in [0.3, 0.4) is 0 Å². The normalized spacial score (nSPS) is 20.4. The first kappa shape index (κ1) is 24.3. The van der Waals surface area contributed by atoms with Gasteiger partial charge in [-0.25, -0.2) is 0 Å². The number of carbonyl (C=O) groups excluding carboxylic acids is 2. The summed E-state index contributed by atoms with van der Waals surface area (Å²) in [7, 11) is 0. The minimum atomic E-state index is -0.506. The molecule has 0 bridgehead atoms. The number of nitrogens with one attached hydrogen (secondary N) is 2. The molecule has 2 aliphatic heterocycles. The Balaban J connectivity index is 1.17. The molecule has 2 fully saturated rings. The SMILES string of the molecule is CC(c1ccncc1)N1CCC(NC(=O)C(=O)NC2CCN(C(C)c3ccncc3)CC2)CC1. The summed E-state index contributed by atoms with van der Waals surface area (Å²) in [4.78, 5) is 38.1. The van der Waals surface area contributed by atoms with Gasteiger partial charge in [-0.3, -0.25) is 29.4 Å². The average molecular weight is 465 g/mol.